The van der Waals surface area contributed by atoms with Crippen molar-refractivity contribution in [3.8, 4) is 0 Å². The Bertz CT molecular complexity index is 549. The fourth-order valence-corrected chi connectivity index (χ4v) is 3.09. The van der Waals surface area contributed by atoms with Crippen LogP contribution in [0.1, 0.15) is 45.7 Å². The Kier molecular flexibility index (Phi) is 5.51. The van der Waals surface area contributed by atoms with Gasteiger partial charge in [-0.15, -0.1) is 6.58 Å². The van der Waals surface area contributed by atoms with E-state index in [-0.39, 0.29) is 5.60 Å². The molecule has 1 unspecified atom stereocenters. The summed E-state index contributed by atoms with van der Waals surface area (Å²) in [5, 5.41) is 0. The van der Waals surface area contributed by atoms with E-state index in [0.29, 0.717) is 18.7 Å². The minimum Gasteiger partial charge on any atom is -0.350 e. The van der Waals surface area contributed by atoms with Crippen molar-refractivity contribution in [3.63, 3.8) is 0 Å². The van der Waals surface area contributed by atoms with E-state index in [0.717, 1.165) is 16.5 Å². The van der Waals surface area contributed by atoms with Crippen LogP contribution in [0, 0.1) is 5.92 Å². The minimum absolute atomic E-state index is 0.220. The molecule has 0 saturated heterocycles. The van der Waals surface area contributed by atoms with Gasteiger partial charge in [-0.1, -0.05) is 47.5 Å². The highest BCUT2D eigenvalue weighted by atomic mass is 79.9. The summed E-state index contributed by atoms with van der Waals surface area (Å²) in [5.41, 5.74) is 2.23. The first kappa shape index (κ1) is 17.3. The number of rotatable bonds is 5. The average Bonchev–Trinajstić information content (AvgIpc) is 2.47. The van der Waals surface area contributed by atoms with Crippen LogP contribution in [-0.4, -0.2) is 17.2 Å². The molecule has 0 N–H and O–H groups in total. The van der Waals surface area contributed by atoms with Crippen LogP contribution in [0.3, 0.4) is 0 Å². The molecule has 1 heterocycles. The molecule has 1 aromatic carbocycles. The maximum Gasteiger partial charge on any atom is 0.120 e. The molecule has 0 bridgehead atoms. The molecule has 1 aliphatic heterocycles. The third kappa shape index (κ3) is 3.82. The van der Waals surface area contributed by atoms with Gasteiger partial charge in [-0.25, -0.2) is 0 Å². The zero-order valence-electron chi connectivity index (χ0n) is 14.0. The second-order valence-electron chi connectivity index (χ2n) is 6.57. The largest absolute Gasteiger partial charge is 0.350 e. The Hall–Kier alpha value is -1.06. The van der Waals surface area contributed by atoms with Crippen molar-refractivity contribution in [3.05, 3.63) is 58.7 Å². The molecule has 0 aliphatic carbocycles. The lowest BCUT2D eigenvalue weighted by molar-refractivity contribution is -0.101. The van der Waals surface area contributed by atoms with Crippen LogP contribution in [0.15, 0.2) is 53.2 Å². The first-order valence-electron chi connectivity index (χ1n) is 7.83. The number of nitrogens with zero attached hydrogens (tertiary/aromatic N) is 1. The lowest BCUT2D eigenvalue weighted by atomic mass is 9.84. The molecule has 0 saturated carbocycles. The van der Waals surface area contributed by atoms with Crippen molar-refractivity contribution in [2.75, 3.05) is 6.73 Å². The van der Waals surface area contributed by atoms with Gasteiger partial charge < -0.3 is 9.64 Å². The van der Waals surface area contributed by atoms with Crippen molar-refractivity contribution in [1.82, 2.24) is 4.90 Å². The predicted octanol–water partition coefficient (Wildman–Crippen LogP) is 5.67. The van der Waals surface area contributed by atoms with E-state index < -0.39 is 0 Å². The molecule has 0 fully saturated rings. The average molecular weight is 364 g/mol. The summed E-state index contributed by atoms with van der Waals surface area (Å²) in [7, 11) is 0. The van der Waals surface area contributed by atoms with Crippen LogP contribution >= 0.6 is 15.9 Å². The molecule has 0 radical (unpaired) electrons. The number of hydrogen-bond acceptors (Lipinski definition) is 2. The Morgan fingerprint density at radius 2 is 1.95 bits per heavy atom. The highest BCUT2D eigenvalue weighted by molar-refractivity contribution is 9.10. The number of hydrogen-bond donors (Lipinski definition) is 0. The summed E-state index contributed by atoms with van der Waals surface area (Å²) in [6.45, 7) is 13.4. The summed E-state index contributed by atoms with van der Waals surface area (Å²) in [5.74, 6) is 0.422. The predicted molar refractivity (Wildman–Crippen MR) is 96.5 cm³/mol. The molecule has 0 spiro atoms. The molecule has 120 valence electrons. The SMILES string of the molecule is C=C(C)CC1(C(C)C)C=CN([C@@H](C)c2ccc(Br)cc2)CO1. The lowest BCUT2D eigenvalue weighted by Gasteiger charge is -2.42. The highest BCUT2D eigenvalue weighted by Crippen LogP contribution is 2.35. The normalized spacial score (nSPS) is 22.9. The van der Waals surface area contributed by atoms with Crippen molar-refractivity contribution in [2.45, 2.75) is 45.8 Å². The molecule has 0 aromatic heterocycles. The Balaban J connectivity index is 2.15. The summed E-state index contributed by atoms with van der Waals surface area (Å²) in [6.07, 6.45) is 5.28. The van der Waals surface area contributed by atoms with Gasteiger partial charge in [0.2, 0.25) is 0 Å². The number of benzene rings is 1. The van der Waals surface area contributed by atoms with Crippen molar-refractivity contribution in [1.29, 1.82) is 0 Å². The Labute approximate surface area is 143 Å². The van der Waals surface area contributed by atoms with Crippen LogP contribution < -0.4 is 0 Å². The Morgan fingerprint density at radius 3 is 2.41 bits per heavy atom. The van der Waals surface area contributed by atoms with E-state index in [4.69, 9.17) is 4.74 Å². The molecule has 2 rings (SSSR count). The van der Waals surface area contributed by atoms with E-state index >= 15 is 0 Å². The summed E-state index contributed by atoms with van der Waals surface area (Å²) >= 11 is 3.48. The van der Waals surface area contributed by atoms with E-state index in [9.17, 15) is 0 Å². The molecule has 1 aromatic rings. The van der Waals surface area contributed by atoms with Crippen LogP contribution in [0.25, 0.3) is 0 Å². The fourth-order valence-electron chi connectivity index (χ4n) is 2.83. The van der Waals surface area contributed by atoms with Crippen LogP contribution in [0.4, 0.5) is 0 Å². The van der Waals surface area contributed by atoms with Crippen LogP contribution in [0.2, 0.25) is 0 Å². The topological polar surface area (TPSA) is 12.5 Å². The quantitative estimate of drug-likeness (QED) is 0.624. The standard InChI is InChI=1S/C19H26BrNO/c1-14(2)12-19(15(3)4)10-11-21(13-22-19)16(5)17-6-8-18(20)9-7-17/h6-11,15-16H,1,12-13H2,2-5H3/t16-,19?/m0/s1. The maximum atomic E-state index is 6.29. The number of ether oxygens (including phenoxy) is 1. The van der Waals surface area contributed by atoms with E-state index in [1.807, 2.05) is 0 Å². The molecule has 3 heteroatoms. The molecule has 2 atom stereocenters. The third-order valence-corrected chi connectivity index (χ3v) is 4.96. The lowest BCUT2D eigenvalue weighted by Crippen LogP contribution is -2.44. The zero-order chi connectivity index (χ0) is 16.3. The minimum atomic E-state index is -0.220. The van der Waals surface area contributed by atoms with Gasteiger partial charge in [0, 0.05) is 17.1 Å². The second kappa shape index (κ2) is 7.01. The van der Waals surface area contributed by atoms with Gasteiger partial charge in [-0.05, 0) is 43.5 Å². The van der Waals surface area contributed by atoms with E-state index in [2.05, 4.69) is 91.6 Å². The zero-order valence-corrected chi connectivity index (χ0v) is 15.6. The highest BCUT2D eigenvalue weighted by Gasteiger charge is 2.35. The first-order chi connectivity index (χ1) is 10.3. The van der Waals surface area contributed by atoms with Crippen molar-refractivity contribution in [2.24, 2.45) is 5.92 Å². The summed E-state index contributed by atoms with van der Waals surface area (Å²) < 4.78 is 7.39. The monoisotopic (exact) mass is 363 g/mol. The smallest absolute Gasteiger partial charge is 0.120 e. The van der Waals surface area contributed by atoms with Gasteiger partial charge in [0.1, 0.15) is 6.73 Å². The summed E-state index contributed by atoms with van der Waals surface area (Å²) in [4.78, 5) is 2.24. The molecule has 2 nitrogen and oxygen atoms in total. The molecule has 0 amide bonds. The Morgan fingerprint density at radius 1 is 1.32 bits per heavy atom. The van der Waals surface area contributed by atoms with Crippen molar-refractivity contribution >= 4 is 15.9 Å². The molecule has 1 aliphatic rings. The molecule has 22 heavy (non-hydrogen) atoms. The number of halogens is 1. The van der Waals surface area contributed by atoms with E-state index in [1.54, 1.807) is 0 Å². The molecular formula is C19H26BrNO. The van der Waals surface area contributed by atoms with Crippen LogP contribution in [0.5, 0.6) is 0 Å². The van der Waals surface area contributed by atoms with Crippen molar-refractivity contribution < 1.29 is 4.74 Å². The van der Waals surface area contributed by atoms with Gasteiger partial charge in [-0.2, -0.15) is 0 Å². The molecular weight excluding hydrogens is 338 g/mol. The third-order valence-electron chi connectivity index (χ3n) is 4.44. The first-order valence-corrected chi connectivity index (χ1v) is 8.62. The second-order valence-corrected chi connectivity index (χ2v) is 7.49. The van der Waals surface area contributed by atoms with Gasteiger partial charge in [0.15, 0.2) is 0 Å². The van der Waals surface area contributed by atoms with Gasteiger partial charge in [-0.3, -0.25) is 0 Å². The summed E-state index contributed by atoms with van der Waals surface area (Å²) in [6, 6.07) is 8.76. The van der Waals surface area contributed by atoms with Crippen LogP contribution in [-0.2, 0) is 4.74 Å². The van der Waals surface area contributed by atoms with Gasteiger partial charge >= 0.3 is 0 Å². The van der Waals surface area contributed by atoms with Gasteiger partial charge in [0.05, 0.1) is 11.6 Å². The fraction of sp³-hybridized carbons (Fsp3) is 0.474. The van der Waals surface area contributed by atoms with Gasteiger partial charge in [0.25, 0.3) is 0 Å². The maximum absolute atomic E-state index is 6.29. The van der Waals surface area contributed by atoms with E-state index in [1.165, 1.54) is 5.56 Å².